The van der Waals surface area contributed by atoms with E-state index < -0.39 is 0 Å². The van der Waals surface area contributed by atoms with Crippen LogP contribution in [0.1, 0.15) is 25.8 Å². The highest BCUT2D eigenvalue weighted by Crippen LogP contribution is 2.21. The molecule has 1 N–H and O–H groups in total. The Morgan fingerprint density at radius 3 is 2.72 bits per heavy atom. The zero-order chi connectivity index (χ0) is 13.0. The molecule has 96 valence electrons. The standard InChI is InChI=1S/C16H22N2/c1-12(10-13(2)17-3)11-14-8-9-18-16-7-5-4-6-15(14)16/h4-9,12-13,17H,10-11H2,1-3H3. The van der Waals surface area contributed by atoms with Crippen molar-refractivity contribution in [3.05, 3.63) is 42.1 Å². The second kappa shape index (κ2) is 5.96. The number of pyridine rings is 1. The van der Waals surface area contributed by atoms with Crippen molar-refractivity contribution in [1.29, 1.82) is 0 Å². The molecule has 2 nitrogen and oxygen atoms in total. The van der Waals surface area contributed by atoms with E-state index >= 15 is 0 Å². The first-order valence-electron chi connectivity index (χ1n) is 6.70. The van der Waals surface area contributed by atoms with Crippen LogP contribution in [-0.2, 0) is 6.42 Å². The molecule has 2 atom stereocenters. The molecule has 0 saturated heterocycles. The summed E-state index contributed by atoms with van der Waals surface area (Å²) in [5.41, 5.74) is 2.51. The van der Waals surface area contributed by atoms with Gasteiger partial charge >= 0.3 is 0 Å². The molecule has 18 heavy (non-hydrogen) atoms. The fourth-order valence-electron chi connectivity index (χ4n) is 2.51. The van der Waals surface area contributed by atoms with E-state index in [1.807, 2.05) is 19.3 Å². The van der Waals surface area contributed by atoms with Crippen molar-refractivity contribution in [3.8, 4) is 0 Å². The molecule has 0 aliphatic carbocycles. The number of hydrogen-bond donors (Lipinski definition) is 1. The first kappa shape index (κ1) is 13.0. The summed E-state index contributed by atoms with van der Waals surface area (Å²) in [4.78, 5) is 4.41. The van der Waals surface area contributed by atoms with Gasteiger partial charge in [0.15, 0.2) is 0 Å². The van der Waals surface area contributed by atoms with Crippen LogP contribution in [0.25, 0.3) is 10.9 Å². The van der Waals surface area contributed by atoms with Crippen molar-refractivity contribution in [1.82, 2.24) is 10.3 Å². The van der Waals surface area contributed by atoms with E-state index in [0.717, 1.165) is 11.9 Å². The van der Waals surface area contributed by atoms with Crippen molar-refractivity contribution in [2.45, 2.75) is 32.7 Å². The Morgan fingerprint density at radius 1 is 1.17 bits per heavy atom. The average molecular weight is 242 g/mol. The Balaban J connectivity index is 2.16. The summed E-state index contributed by atoms with van der Waals surface area (Å²) in [6.45, 7) is 4.56. The van der Waals surface area contributed by atoms with Crippen molar-refractivity contribution < 1.29 is 0 Å². The smallest absolute Gasteiger partial charge is 0.0704 e. The maximum Gasteiger partial charge on any atom is 0.0704 e. The number of fused-ring (bicyclic) bond motifs is 1. The highest BCUT2D eigenvalue weighted by molar-refractivity contribution is 5.81. The first-order valence-corrected chi connectivity index (χ1v) is 6.70. The highest BCUT2D eigenvalue weighted by Gasteiger charge is 2.10. The molecule has 2 aromatic rings. The summed E-state index contributed by atoms with van der Waals surface area (Å²) in [5.74, 6) is 0.679. The van der Waals surface area contributed by atoms with Gasteiger partial charge in [0.2, 0.25) is 0 Å². The first-order chi connectivity index (χ1) is 8.70. The minimum absolute atomic E-state index is 0.577. The van der Waals surface area contributed by atoms with E-state index in [0.29, 0.717) is 12.0 Å². The summed E-state index contributed by atoms with van der Waals surface area (Å²) in [7, 11) is 2.03. The molecule has 1 aromatic heterocycles. The SMILES string of the molecule is CNC(C)CC(C)Cc1ccnc2ccccc12. The molecule has 0 spiro atoms. The third kappa shape index (κ3) is 3.08. The van der Waals surface area contributed by atoms with Crippen LogP contribution in [0.15, 0.2) is 36.5 Å². The molecule has 0 fully saturated rings. The summed E-state index contributed by atoms with van der Waals surface area (Å²) in [6, 6.07) is 11.1. The van der Waals surface area contributed by atoms with Gasteiger partial charge in [-0.15, -0.1) is 0 Å². The zero-order valence-electron chi connectivity index (χ0n) is 11.5. The predicted molar refractivity (Wildman–Crippen MR) is 77.7 cm³/mol. The van der Waals surface area contributed by atoms with Crippen molar-refractivity contribution >= 4 is 10.9 Å². The number of aromatic nitrogens is 1. The molecular weight excluding hydrogens is 220 g/mol. The molecule has 2 unspecified atom stereocenters. The van der Waals surface area contributed by atoms with Crippen LogP contribution in [-0.4, -0.2) is 18.1 Å². The van der Waals surface area contributed by atoms with Gasteiger partial charge in [0, 0.05) is 17.6 Å². The van der Waals surface area contributed by atoms with E-state index in [1.165, 1.54) is 17.4 Å². The Kier molecular flexibility index (Phi) is 4.32. The minimum atomic E-state index is 0.577. The molecule has 2 rings (SSSR count). The number of rotatable bonds is 5. The minimum Gasteiger partial charge on any atom is -0.317 e. The molecule has 0 aliphatic rings. The predicted octanol–water partition coefficient (Wildman–Crippen LogP) is 3.41. The van der Waals surface area contributed by atoms with E-state index in [1.54, 1.807) is 0 Å². The van der Waals surface area contributed by atoms with Crippen molar-refractivity contribution in [3.63, 3.8) is 0 Å². The maximum atomic E-state index is 4.41. The van der Waals surface area contributed by atoms with Crippen LogP contribution in [0.4, 0.5) is 0 Å². The van der Waals surface area contributed by atoms with Crippen LogP contribution < -0.4 is 5.32 Å². The second-order valence-corrected chi connectivity index (χ2v) is 5.22. The Morgan fingerprint density at radius 2 is 1.94 bits per heavy atom. The number of hydrogen-bond acceptors (Lipinski definition) is 2. The van der Waals surface area contributed by atoms with Crippen molar-refractivity contribution in [2.75, 3.05) is 7.05 Å². The maximum absolute atomic E-state index is 4.41. The number of nitrogens with zero attached hydrogens (tertiary/aromatic N) is 1. The fraction of sp³-hybridized carbons (Fsp3) is 0.438. The Hall–Kier alpha value is -1.41. The van der Waals surface area contributed by atoms with Gasteiger partial charge in [-0.1, -0.05) is 25.1 Å². The van der Waals surface area contributed by atoms with Crippen LogP contribution in [0.2, 0.25) is 0 Å². The van der Waals surface area contributed by atoms with Gasteiger partial charge in [0.1, 0.15) is 0 Å². The molecule has 0 radical (unpaired) electrons. The van der Waals surface area contributed by atoms with E-state index in [4.69, 9.17) is 0 Å². The van der Waals surface area contributed by atoms with E-state index in [2.05, 4.69) is 48.4 Å². The van der Waals surface area contributed by atoms with Gasteiger partial charge in [0.05, 0.1) is 5.52 Å². The molecule has 0 saturated carbocycles. The van der Waals surface area contributed by atoms with Gasteiger partial charge in [-0.3, -0.25) is 4.98 Å². The summed E-state index contributed by atoms with van der Waals surface area (Å²) in [5, 5.41) is 4.60. The molecule has 0 amide bonds. The summed E-state index contributed by atoms with van der Waals surface area (Å²) < 4.78 is 0. The van der Waals surface area contributed by atoms with Gasteiger partial charge < -0.3 is 5.32 Å². The molecule has 2 heteroatoms. The molecule has 1 heterocycles. The van der Waals surface area contributed by atoms with Gasteiger partial charge in [-0.2, -0.15) is 0 Å². The van der Waals surface area contributed by atoms with E-state index in [9.17, 15) is 0 Å². The number of benzene rings is 1. The summed E-state index contributed by atoms with van der Waals surface area (Å²) in [6.07, 6.45) is 4.24. The summed E-state index contributed by atoms with van der Waals surface area (Å²) >= 11 is 0. The Labute approximate surface area is 109 Å². The van der Waals surface area contributed by atoms with Crippen molar-refractivity contribution in [2.24, 2.45) is 5.92 Å². The third-order valence-electron chi connectivity index (χ3n) is 3.56. The Bertz CT molecular complexity index is 502. The number of nitrogens with one attached hydrogen (secondary N) is 1. The fourth-order valence-corrected chi connectivity index (χ4v) is 2.51. The lowest BCUT2D eigenvalue weighted by atomic mass is 9.93. The molecule has 0 bridgehead atoms. The van der Waals surface area contributed by atoms with Crippen LogP contribution in [0.3, 0.4) is 0 Å². The van der Waals surface area contributed by atoms with Gasteiger partial charge in [-0.25, -0.2) is 0 Å². The third-order valence-corrected chi connectivity index (χ3v) is 3.56. The van der Waals surface area contributed by atoms with E-state index in [-0.39, 0.29) is 0 Å². The van der Waals surface area contributed by atoms with Gasteiger partial charge in [-0.05, 0) is 50.4 Å². The topological polar surface area (TPSA) is 24.9 Å². The number of para-hydroxylation sites is 1. The molecule has 0 aliphatic heterocycles. The molecule has 1 aromatic carbocycles. The average Bonchev–Trinajstić information content (AvgIpc) is 2.39. The quantitative estimate of drug-likeness (QED) is 0.869. The lowest BCUT2D eigenvalue weighted by Gasteiger charge is -2.17. The molecular formula is C16H22N2. The zero-order valence-corrected chi connectivity index (χ0v) is 11.5. The largest absolute Gasteiger partial charge is 0.317 e. The lowest BCUT2D eigenvalue weighted by Crippen LogP contribution is -2.24. The highest BCUT2D eigenvalue weighted by atomic mass is 14.8. The normalized spacial score (nSPS) is 14.6. The monoisotopic (exact) mass is 242 g/mol. The lowest BCUT2D eigenvalue weighted by molar-refractivity contribution is 0.441. The van der Waals surface area contributed by atoms with Crippen LogP contribution in [0, 0.1) is 5.92 Å². The van der Waals surface area contributed by atoms with Crippen LogP contribution >= 0.6 is 0 Å². The second-order valence-electron chi connectivity index (χ2n) is 5.22. The van der Waals surface area contributed by atoms with Crippen LogP contribution in [0.5, 0.6) is 0 Å². The van der Waals surface area contributed by atoms with Gasteiger partial charge in [0.25, 0.3) is 0 Å².